The lowest BCUT2D eigenvalue weighted by atomic mass is 10.2. The molecule has 3 aromatic rings. The normalized spacial score (nSPS) is 10.9. The number of nitrogens with zero attached hydrogens (tertiary/aromatic N) is 1. The number of hydrogen-bond donors (Lipinski definition) is 1. The molecule has 0 saturated heterocycles. The monoisotopic (exact) mass is 440 g/mol. The molecule has 0 spiro atoms. The molecule has 3 rings (SSSR count). The molecule has 0 radical (unpaired) electrons. The Kier molecular flexibility index (Phi) is 6.12. The van der Waals surface area contributed by atoms with Crippen LogP contribution in [-0.4, -0.2) is 31.5 Å². The molecule has 0 aliphatic rings. The van der Waals surface area contributed by atoms with Gasteiger partial charge in [-0.3, -0.25) is 14.9 Å². The molecule has 0 bridgehead atoms. The van der Waals surface area contributed by atoms with Gasteiger partial charge >= 0.3 is 5.97 Å². The van der Waals surface area contributed by atoms with E-state index in [1.165, 1.54) is 24.3 Å². The van der Waals surface area contributed by atoms with E-state index in [2.05, 4.69) is 5.32 Å². The summed E-state index contributed by atoms with van der Waals surface area (Å²) >= 11 is 0. The highest BCUT2D eigenvalue weighted by atomic mass is 32.2. The van der Waals surface area contributed by atoms with E-state index in [1.807, 2.05) is 0 Å². The maximum atomic E-state index is 12.4. The number of nitrogens with one attached hydrogen (secondary N) is 1. The van der Waals surface area contributed by atoms with Crippen LogP contribution in [0.2, 0.25) is 0 Å². The number of hydrogen-bond acceptors (Lipinski definition) is 7. The molecule has 10 heteroatoms. The highest BCUT2D eigenvalue weighted by molar-refractivity contribution is 7.90. The van der Waals surface area contributed by atoms with Crippen LogP contribution in [0.5, 0.6) is 5.75 Å². The van der Waals surface area contributed by atoms with Crippen molar-refractivity contribution < 1.29 is 27.7 Å². The fourth-order valence-electron chi connectivity index (χ4n) is 2.59. The first-order valence-electron chi connectivity index (χ1n) is 8.82. The number of esters is 1. The summed E-state index contributed by atoms with van der Waals surface area (Å²) in [5.74, 6) is -1.17. The Morgan fingerprint density at radius 1 is 0.935 bits per heavy atom. The van der Waals surface area contributed by atoms with Gasteiger partial charge in [-0.15, -0.1) is 0 Å². The average Bonchev–Trinajstić information content (AvgIpc) is 2.74. The first kappa shape index (κ1) is 21.7. The number of nitro groups is 1. The van der Waals surface area contributed by atoms with Crippen molar-refractivity contribution in [2.24, 2.45) is 0 Å². The van der Waals surface area contributed by atoms with Crippen LogP contribution in [0.25, 0.3) is 0 Å². The molecule has 1 N–H and O–H groups in total. The third-order valence-corrected chi connectivity index (χ3v) is 5.22. The molecule has 0 atom stereocenters. The second-order valence-electron chi connectivity index (χ2n) is 6.48. The molecule has 0 aliphatic heterocycles. The van der Waals surface area contributed by atoms with Crippen LogP contribution < -0.4 is 10.1 Å². The first-order valence-corrected chi connectivity index (χ1v) is 10.7. The molecule has 0 aliphatic carbocycles. The van der Waals surface area contributed by atoms with Gasteiger partial charge in [0.15, 0.2) is 9.84 Å². The van der Waals surface area contributed by atoms with Crippen molar-refractivity contribution in [3.05, 3.63) is 94.0 Å². The minimum Gasteiger partial charge on any atom is -0.423 e. The Morgan fingerprint density at radius 2 is 1.58 bits per heavy atom. The maximum Gasteiger partial charge on any atom is 0.343 e. The molecule has 3 aromatic carbocycles. The van der Waals surface area contributed by atoms with Gasteiger partial charge in [0.1, 0.15) is 5.75 Å². The molecular formula is C21H16N2O7S. The van der Waals surface area contributed by atoms with E-state index in [1.54, 1.807) is 30.3 Å². The van der Waals surface area contributed by atoms with Gasteiger partial charge in [0.2, 0.25) is 0 Å². The fourth-order valence-corrected chi connectivity index (χ4v) is 3.26. The minimum atomic E-state index is -3.78. The number of nitro benzene ring substituents is 1. The molecule has 0 heterocycles. The smallest absolute Gasteiger partial charge is 0.343 e. The predicted octanol–water partition coefficient (Wildman–Crippen LogP) is 3.47. The summed E-state index contributed by atoms with van der Waals surface area (Å²) in [5, 5.41) is 13.8. The number of benzene rings is 3. The number of sulfone groups is 1. The fraction of sp³-hybridized carbons (Fsp3) is 0.0476. The lowest BCUT2D eigenvalue weighted by Gasteiger charge is -2.08. The molecule has 0 fully saturated rings. The summed E-state index contributed by atoms with van der Waals surface area (Å²) < 4.78 is 28.7. The second kappa shape index (κ2) is 8.76. The van der Waals surface area contributed by atoms with E-state index in [-0.39, 0.29) is 22.1 Å². The Bertz CT molecular complexity index is 1250. The largest absolute Gasteiger partial charge is 0.423 e. The lowest BCUT2D eigenvalue weighted by molar-refractivity contribution is -0.385. The zero-order chi connectivity index (χ0) is 22.6. The summed E-state index contributed by atoms with van der Waals surface area (Å²) in [6, 6.07) is 17.3. The Morgan fingerprint density at radius 3 is 2.16 bits per heavy atom. The molecule has 9 nitrogen and oxygen atoms in total. The number of carbonyl (C=O) groups is 2. The van der Waals surface area contributed by atoms with Gasteiger partial charge in [0, 0.05) is 29.6 Å². The van der Waals surface area contributed by atoms with Crippen molar-refractivity contribution in [1.82, 2.24) is 0 Å². The lowest BCUT2D eigenvalue weighted by Crippen LogP contribution is -2.12. The van der Waals surface area contributed by atoms with E-state index in [9.17, 15) is 28.1 Å². The van der Waals surface area contributed by atoms with Gasteiger partial charge in [0.05, 0.1) is 15.4 Å². The van der Waals surface area contributed by atoms with Gasteiger partial charge in [-0.1, -0.05) is 18.2 Å². The zero-order valence-electron chi connectivity index (χ0n) is 16.1. The van der Waals surface area contributed by atoms with E-state index in [4.69, 9.17) is 4.74 Å². The van der Waals surface area contributed by atoms with Crippen LogP contribution in [0.3, 0.4) is 0 Å². The predicted molar refractivity (Wildman–Crippen MR) is 112 cm³/mol. The van der Waals surface area contributed by atoms with Gasteiger partial charge in [0.25, 0.3) is 11.6 Å². The van der Waals surface area contributed by atoms with Crippen LogP contribution in [0.4, 0.5) is 11.4 Å². The van der Waals surface area contributed by atoms with E-state index in [0.29, 0.717) is 11.3 Å². The summed E-state index contributed by atoms with van der Waals surface area (Å²) in [6.07, 6.45) is 0.879. The Hall–Kier alpha value is -4.05. The Balaban J connectivity index is 1.76. The van der Waals surface area contributed by atoms with Crippen LogP contribution in [-0.2, 0) is 9.84 Å². The topological polar surface area (TPSA) is 133 Å². The third-order valence-electron chi connectivity index (χ3n) is 4.12. The third kappa shape index (κ3) is 5.52. The van der Waals surface area contributed by atoms with Gasteiger partial charge in [-0.05, 0) is 42.5 Å². The van der Waals surface area contributed by atoms with Crippen LogP contribution in [0, 0.1) is 10.1 Å². The highest BCUT2D eigenvalue weighted by Gasteiger charge is 2.20. The quantitative estimate of drug-likeness (QED) is 0.268. The molecule has 31 heavy (non-hydrogen) atoms. The van der Waals surface area contributed by atoms with Crippen LogP contribution in [0.15, 0.2) is 77.7 Å². The van der Waals surface area contributed by atoms with Crippen LogP contribution >= 0.6 is 0 Å². The van der Waals surface area contributed by atoms with Gasteiger partial charge in [-0.2, -0.15) is 0 Å². The van der Waals surface area contributed by atoms with Crippen molar-refractivity contribution >= 4 is 33.1 Å². The van der Waals surface area contributed by atoms with Crippen molar-refractivity contribution in [2.75, 3.05) is 11.6 Å². The average molecular weight is 440 g/mol. The number of amides is 1. The van der Waals surface area contributed by atoms with E-state index >= 15 is 0 Å². The minimum absolute atomic E-state index is 0.107. The zero-order valence-corrected chi connectivity index (χ0v) is 17.0. The Labute approximate surface area is 177 Å². The standard InChI is InChI=1S/C21H16N2O7S/c1-31(28,29)19-12-15(11-17(13-19)23(26)27)21(25)30-18-9-7-16(8-10-18)22-20(24)14-5-3-2-4-6-14/h2-13H,1H3,(H,22,24). The van der Waals surface area contributed by atoms with E-state index < -0.39 is 26.4 Å². The van der Waals surface area contributed by atoms with Crippen molar-refractivity contribution in [3.63, 3.8) is 0 Å². The second-order valence-corrected chi connectivity index (χ2v) is 8.49. The highest BCUT2D eigenvalue weighted by Crippen LogP contribution is 2.23. The molecular weight excluding hydrogens is 424 g/mol. The number of carbonyl (C=O) groups excluding carboxylic acids is 2. The first-order chi connectivity index (χ1) is 14.6. The molecule has 1 amide bonds. The molecule has 0 aromatic heterocycles. The maximum absolute atomic E-state index is 12.4. The summed E-state index contributed by atoms with van der Waals surface area (Å²) in [6.45, 7) is 0. The number of rotatable bonds is 6. The van der Waals surface area contributed by atoms with Crippen molar-refractivity contribution in [3.8, 4) is 5.75 Å². The van der Waals surface area contributed by atoms with Crippen molar-refractivity contribution in [1.29, 1.82) is 0 Å². The number of ether oxygens (including phenoxy) is 1. The van der Waals surface area contributed by atoms with Crippen LogP contribution in [0.1, 0.15) is 20.7 Å². The number of anilines is 1. The summed E-state index contributed by atoms with van der Waals surface area (Å²) in [4.78, 5) is 34.5. The van der Waals surface area contributed by atoms with Crippen molar-refractivity contribution in [2.45, 2.75) is 4.90 Å². The molecule has 0 saturated carbocycles. The molecule has 0 unspecified atom stereocenters. The van der Waals surface area contributed by atoms with E-state index in [0.717, 1.165) is 24.5 Å². The van der Waals surface area contributed by atoms with Gasteiger partial charge in [-0.25, -0.2) is 13.2 Å². The summed E-state index contributed by atoms with van der Waals surface area (Å²) in [7, 11) is -3.78. The molecule has 158 valence electrons. The number of non-ortho nitro benzene ring substituents is 1. The summed E-state index contributed by atoms with van der Waals surface area (Å²) in [5.41, 5.74) is 0.110. The van der Waals surface area contributed by atoms with Gasteiger partial charge < -0.3 is 10.1 Å². The SMILES string of the molecule is CS(=O)(=O)c1cc(C(=O)Oc2ccc(NC(=O)c3ccccc3)cc2)cc([N+](=O)[O-])c1.